The molecule has 2 heterocycles. The molecule has 0 bridgehead atoms. The summed E-state index contributed by atoms with van der Waals surface area (Å²) in [7, 11) is 1.60. The van der Waals surface area contributed by atoms with Crippen LogP contribution in [0.25, 0.3) is 17.1 Å². The second-order valence-corrected chi connectivity index (χ2v) is 6.51. The maximum atomic E-state index is 12.0. The number of nitrogens with zero attached hydrogens (tertiary/aromatic N) is 5. The highest BCUT2D eigenvalue weighted by Gasteiger charge is 2.18. The van der Waals surface area contributed by atoms with Gasteiger partial charge in [0.2, 0.25) is 11.7 Å². The number of carbonyl (C=O) groups excluding carboxylic acids is 1. The topological polar surface area (TPSA) is 108 Å². The summed E-state index contributed by atoms with van der Waals surface area (Å²) < 4.78 is 12.1. The van der Waals surface area contributed by atoms with Gasteiger partial charge in [-0.25, -0.2) is 0 Å². The molecule has 0 saturated carbocycles. The maximum absolute atomic E-state index is 12.0. The molecule has 152 valence electrons. The van der Waals surface area contributed by atoms with Gasteiger partial charge in [0.15, 0.2) is 17.3 Å². The molecule has 0 spiro atoms. The highest BCUT2D eigenvalue weighted by Crippen LogP contribution is 2.21. The molecule has 9 nitrogen and oxygen atoms in total. The van der Waals surface area contributed by atoms with Crippen molar-refractivity contribution in [3.63, 3.8) is 0 Å². The number of carbonyl (C=O) groups is 1. The van der Waals surface area contributed by atoms with Crippen molar-refractivity contribution in [2.45, 2.75) is 13.3 Å². The van der Waals surface area contributed by atoms with Gasteiger partial charge < -0.3 is 14.6 Å². The predicted molar refractivity (Wildman–Crippen MR) is 110 cm³/mol. The van der Waals surface area contributed by atoms with Gasteiger partial charge in [-0.15, -0.1) is 5.10 Å². The lowest BCUT2D eigenvalue weighted by atomic mass is 10.2. The Labute approximate surface area is 172 Å². The minimum absolute atomic E-state index is 0.179. The minimum Gasteiger partial charge on any atom is -0.497 e. The number of anilines is 1. The molecule has 0 aliphatic carbocycles. The van der Waals surface area contributed by atoms with Crippen LogP contribution in [-0.2, 0) is 6.42 Å². The fourth-order valence-corrected chi connectivity index (χ4v) is 2.93. The summed E-state index contributed by atoms with van der Waals surface area (Å²) in [4.78, 5) is 16.4. The van der Waals surface area contributed by atoms with Gasteiger partial charge in [-0.05, 0) is 24.3 Å². The molecule has 1 N–H and O–H groups in total. The lowest BCUT2D eigenvalue weighted by Crippen LogP contribution is -2.12. The summed E-state index contributed by atoms with van der Waals surface area (Å²) in [5.41, 5.74) is 1.91. The maximum Gasteiger partial charge on any atom is 0.228 e. The third-order valence-electron chi connectivity index (χ3n) is 4.45. The average Bonchev–Trinajstić information content (AvgIpc) is 3.42. The minimum atomic E-state index is -0.179. The van der Waals surface area contributed by atoms with Gasteiger partial charge in [0.05, 0.1) is 12.8 Å². The molecule has 0 aliphatic heterocycles. The summed E-state index contributed by atoms with van der Waals surface area (Å²) in [6, 6.07) is 16.9. The first-order chi connectivity index (χ1) is 14.7. The van der Waals surface area contributed by atoms with E-state index in [-0.39, 0.29) is 11.5 Å². The van der Waals surface area contributed by atoms with Crippen LogP contribution in [0.1, 0.15) is 23.3 Å². The third kappa shape index (κ3) is 4.04. The Morgan fingerprint density at radius 3 is 2.60 bits per heavy atom. The number of hydrogen-bond donors (Lipinski definition) is 1. The van der Waals surface area contributed by atoms with E-state index in [1.807, 2.05) is 54.6 Å². The molecule has 0 fully saturated rings. The summed E-state index contributed by atoms with van der Waals surface area (Å²) in [5, 5.41) is 15.4. The van der Waals surface area contributed by atoms with Crippen molar-refractivity contribution in [1.29, 1.82) is 0 Å². The van der Waals surface area contributed by atoms with Crippen molar-refractivity contribution in [1.82, 2.24) is 25.1 Å². The van der Waals surface area contributed by atoms with Crippen LogP contribution in [0.4, 0.5) is 5.82 Å². The van der Waals surface area contributed by atoms with Crippen LogP contribution in [0.5, 0.6) is 5.75 Å². The molecule has 2 aromatic heterocycles. The predicted octanol–water partition coefficient (Wildman–Crippen LogP) is 3.18. The van der Waals surface area contributed by atoms with E-state index in [2.05, 4.69) is 25.8 Å². The molecule has 2 aromatic carbocycles. The first-order valence-electron chi connectivity index (χ1n) is 9.38. The Morgan fingerprint density at radius 1 is 1.13 bits per heavy atom. The summed E-state index contributed by atoms with van der Waals surface area (Å²) >= 11 is 0. The molecule has 0 amide bonds. The van der Waals surface area contributed by atoms with E-state index in [9.17, 15) is 4.79 Å². The molecule has 4 aromatic rings. The van der Waals surface area contributed by atoms with Crippen LogP contribution in [0.2, 0.25) is 0 Å². The van der Waals surface area contributed by atoms with E-state index < -0.39 is 0 Å². The number of Topliss-reactive ketones (excluding diaryl/α,β-unsaturated/α-hetero) is 1. The quantitative estimate of drug-likeness (QED) is 0.446. The smallest absolute Gasteiger partial charge is 0.228 e. The standard InChI is InChI=1S/C21H20N6O3/c1-14(28)19-21(27(26-24-19)16-8-10-17(29-2)11-9-16)22-13-12-18-23-20(25-30-18)15-6-4-3-5-7-15/h3-11,22H,12-13H2,1-2H3. The van der Waals surface area contributed by atoms with E-state index in [1.165, 1.54) is 6.92 Å². The van der Waals surface area contributed by atoms with Gasteiger partial charge in [0.1, 0.15) is 5.75 Å². The fraction of sp³-hybridized carbons (Fsp3) is 0.190. The molecular weight excluding hydrogens is 384 g/mol. The van der Waals surface area contributed by atoms with Gasteiger partial charge in [-0.2, -0.15) is 9.67 Å². The van der Waals surface area contributed by atoms with E-state index in [0.717, 1.165) is 17.0 Å². The van der Waals surface area contributed by atoms with E-state index in [4.69, 9.17) is 9.26 Å². The highest BCUT2D eigenvalue weighted by atomic mass is 16.5. The molecule has 0 atom stereocenters. The van der Waals surface area contributed by atoms with Crippen LogP contribution >= 0.6 is 0 Å². The van der Waals surface area contributed by atoms with Crippen LogP contribution in [0.15, 0.2) is 59.1 Å². The molecule has 30 heavy (non-hydrogen) atoms. The van der Waals surface area contributed by atoms with Crippen LogP contribution < -0.4 is 10.1 Å². The monoisotopic (exact) mass is 404 g/mol. The van der Waals surface area contributed by atoms with E-state index >= 15 is 0 Å². The number of ether oxygens (including phenoxy) is 1. The van der Waals surface area contributed by atoms with Gasteiger partial charge in [0.25, 0.3) is 0 Å². The molecule has 0 saturated heterocycles. The largest absolute Gasteiger partial charge is 0.497 e. The van der Waals surface area contributed by atoms with Crippen LogP contribution in [-0.4, -0.2) is 44.6 Å². The van der Waals surface area contributed by atoms with Crippen molar-refractivity contribution in [2.24, 2.45) is 0 Å². The average molecular weight is 404 g/mol. The Hall–Kier alpha value is -4.01. The zero-order valence-electron chi connectivity index (χ0n) is 16.6. The number of ketones is 1. The second kappa shape index (κ2) is 8.56. The Morgan fingerprint density at radius 2 is 1.90 bits per heavy atom. The lowest BCUT2D eigenvalue weighted by Gasteiger charge is -2.09. The summed E-state index contributed by atoms with van der Waals surface area (Å²) in [6.45, 7) is 1.91. The van der Waals surface area contributed by atoms with Crippen molar-refractivity contribution in [3.05, 3.63) is 66.2 Å². The van der Waals surface area contributed by atoms with Crippen LogP contribution in [0, 0.1) is 0 Å². The van der Waals surface area contributed by atoms with Gasteiger partial charge in [-0.1, -0.05) is 40.7 Å². The first-order valence-corrected chi connectivity index (χ1v) is 9.38. The molecular formula is C21H20N6O3. The number of benzene rings is 2. The van der Waals surface area contributed by atoms with Crippen molar-refractivity contribution >= 4 is 11.6 Å². The van der Waals surface area contributed by atoms with E-state index in [0.29, 0.717) is 30.5 Å². The molecule has 9 heteroatoms. The SMILES string of the molecule is COc1ccc(-n2nnc(C(C)=O)c2NCCc2nc(-c3ccccc3)no2)cc1. The van der Waals surface area contributed by atoms with E-state index in [1.54, 1.807) is 11.8 Å². The zero-order chi connectivity index (χ0) is 20.9. The Kier molecular flexibility index (Phi) is 5.51. The normalized spacial score (nSPS) is 10.7. The third-order valence-corrected chi connectivity index (χ3v) is 4.45. The molecule has 0 aliphatic rings. The fourth-order valence-electron chi connectivity index (χ4n) is 2.93. The van der Waals surface area contributed by atoms with Crippen molar-refractivity contribution in [2.75, 3.05) is 19.0 Å². The second-order valence-electron chi connectivity index (χ2n) is 6.51. The summed E-state index contributed by atoms with van der Waals surface area (Å²) in [5.74, 6) is 2.09. The molecule has 0 unspecified atom stereocenters. The first kappa shape index (κ1) is 19.3. The number of methoxy groups -OCH3 is 1. The number of rotatable bonds is 8. The number of aromatic nitrogens is 5. The van der Waals surface area contributed by atoms with Gasteiger partial charge in [0, 0.05) is 25.5 Å². The van der Waals surface area contributed by atoms with Gasteiger partial charge >= 0.3 is 0 Å². The summed E-state index contributed by atoms with van der Waals surface area (Å²) in [6.07, 6.45) is 0.477. The van der Waals surface area contributed by atoms with Crippen molar-refractivity contribution < 1.29 is 14.1 Å². The Balaban J connectivity index is 1.49. The molecule has 0 radical (unpaired) electrons. The van der Waals surface area contributed by atoms with Gasteiger partial charge in [-0.3, -0.25) is 4.79 Å². The zero-order valence-corrected chi connectivity index (χ0v) is 16.6. The lowest BCUT2D eigenvalue weighted by molar-refractivity contribution is 0.101. The molecule has 4 rings (SSSR count). The van der Waals surface area contributed by atoms with Crippen molar-refractivity contribution in [3.8, 4) is 22.8 Å². The number of hydrogen-bond acceptors (Lipinski definition) is 8. The Bertz CT molecular complexity index is 1140. The number of nitrogens with one attached hydrogen (secondary N) is 1. The highest BCUT2D eigenvalue weighted by molar-refractivity contribution is 5.96. The van der Waals surface area contributed by atoms with Crippen LogP contribution in [0.3, 0.4) is 0 Å².